The van der Waals surface area contributed by atoms with Crippen molar-refractivity contribution in [3.8, 4) is 0 Å². The molecule has 2 N–H and O–H groups in total. The fourth-order valence-corrected chi connectivity index (χ4v) is 2.11. The number of rotatable bonds is 3. The fraction of sp³-hybridized carbons (Fsp3) is 0.133. The largest absolute Gasteiger partial charge is 0.398 e. The second-order valence-corrected chi connectivity index (χ2v) is 4.86. The van der Waals surface area contributed by atoms with Crippen LogP contribution < -0.4 is 5.73 Å². The third-order valence-corrected chi connectivity index (χ3v) is 3.35. The molecule has 0 aliphatic rings. The average molecular weight is 293 g/mol. The number of amides is 1. The van der Waals surface area contributed by atoms with E-state index in [-0.39, 0.29) is 12.5 Å². The molecule has 1 amide bonds. The average Bonchev–Trinajstić information content (AvgIpc) is 2.42. The highest BCUT2D eigenvalue weighted by atomic mass is 35.5. The van der Waals surface area contributed by atoms with E-state index in [2.05, 4.69) is 0 Å². The SMILES string of the molecule is CN(Cc1c(F)cccc1Cl)C(=O)c1ccccc1N. The van der Waals surface area contributed by atoms with Crippen LogP contribution in [0.4, 0.5) is 10.1 Å². The lowest BCUT2D eigenvalue weighted by Gasteiger charge is -2.19. The molecule has 0 spiro atoms. The fourth-order valence-electron chi connectivity index (χ4n) is 1.89. The lowest BCUT2D eigenvalue weighted by Crippen LogP contribution is -2.27. The molecule has 104 valence electrons. The van der Waals surface area contributed by atoms with E-state index in [0.717, 1.165) is 0 Å². The third-order valence-electron chi connectivity index (χ3n) is 2.99. The van der Waals surface area contributed by atoms with E-state index in [1.807, 2.05) is 0 Å². The van der Waals surface area contributed by atoms with Gasteiger partial charge in [-0.25, -0.2) is 4.39 Å². The standard InChI is InChI=1S/C15H14ClFN2O/c1-19(9-11-12(16)6-4-7-13(11)17)15(20)10-5-2-3-8-14(10)18/h2-8H,9,18H2,1H3. The maximum atomic E-state index is 13.7. The lowest BCUT2D eigenvalue weighted by atomic mass is 10.1. The smallest absolute Gasteiger partial charge is 0.255 e. The van der Waals surface area contributed by atoms with Gasteiger partial charge in [0.1, 0.15) is 5.82 Å². The Labute approximate surface area is 121 Å². The summed E-state index contributed by atoms with van der Waals surface area (Å²) in [5, 5.41) is 0.297. The number of nitrogen functional groups attached to an aromatic ring is 1. The van der Waals surface area contributed by atoms with Gasteiger partial charge in [-0.15, -0.1) is 0 Å². The van der Waals surface area contributed by atoms with E-state index in [4.69, 9.17) is 17.3 Å². The Balaban J connectivity index is 2.23. The summed E-state index contributed by atoms with van der Waals surface area (Å²) in [5.41, 5.74) is 6.84. The summed E-state index contributed by atoms with van der Waals surface area (Å²) in [4.78, 5) is 13.7. The molecule has 2 aromatic rings. The van der Waals surface area contributed by atoms with E-state index in [1.54, 1.807) is 37.4 Å². The first-order valence-corrected chi connectivity index (χ1v) is 6.41. The number of nitrogens with zero attached hydrogens (tertiary/aromatic N) is 1. The Bertz CT molecular complexity index is 625. The highest BCUT2D eigenvalue weighted by molar-refractivity contribution is 6.31. The number of nitrogens with two attached hydrogens (primary N) is 1. The molecule has 0 atom stereocenters. The van der Waals surface area contributed by atoms with Crippen LogP contribution in [0.25, 0.3) is 0 Å². The molecule has 5 heteroatoms. The van der Waals surface area contributed by atoms with Crippen LogP contribution >= 0.6 is 11.6 Å². The van der Waals surface area contributed by atoms with E-state index >= 15 is 0 Å². The monoisotopic (exact) mass is 292 g/mol. The van der Waals surface area contributed by atoms with Gasteiger partial charge in [0, 0.05) is 29.9 Å². The summed E-state index contributed by atoms with van der Waals surface area (Å²) in [5.74, 6) is -0.708. The molecule has 2 rings (SSSR count). The first-order chi connectivity index (χ1) is 9.50. The number of carbonyl (C=O) groups is 1. The van der Waals surface area contributed by atoms with Crippen molar-refractivity contribution in [1.82, 2.24) is 4.90 Å². The number of benzene rings is 2. The minimum absolute atomic E-state index is 0.0820. The molecular weight excluding hydrogens is 279 g/mol. The van der Waals surface area contributed by atoms with Crippen molar-refractivity contribution in [1.29, 1.82) is 0 Å². The first kappa shape index (κ1) is 14.3. The molecule has 0 unspecified atom stereocenters. The van der Waals surface area contributed by atoms with Gasteiger partial charge >= 0.3 is 0 Å². The van der Waals surface area contributed by atoms with Crippen LogP contribution in [0.5, 0.6) is 0 Å². The first-order valence-electron chi connectivity index (χ1n) is 6.03. The topological polar surface area (TPSA) is 46.3 Å². The molecule has 3 nitrogen and oxygen atoms in total. The Morgan fingerprint density at radius 1 is 1.25 bits per heavy atom. The molecular formula is C15H14ClFN2O. The lowest BCUT2D eigenvalue weighted by molar-refractivity contribution is 0.0785. The molecule has 0 aliphatic carbocycles. The number of carbonyl (C=O) groups excluding carboxylic acids is 1. The predicted molar refractivity (Wildman–Crippen MR) is 78.1 cm³/mol. The Morgan fingerprint density at radius 3 is 2.60 bits per heavy atom. The quantitative estimate of drug-likeness (QED) is 0.882. The van der Waals surface area contributed by atoms with Crippen molar-refractivity contribution in [2.45, 2.75) is 6.54 Å². The molecule has 0 heterocycles. The zero-order valence-electron chi connectivity index (χ0n) is 10.9. The van der Waals surface area contributed by atoms with E-state index < -0.39 is 5.82 Å². The van der Waals surface area contributed by atoms with Crippen LogP contribution in [0.1, 0.15) is 15.9 Å². The maximum Gasteiger partial charge on any atom is 0.255 e. The van der Waals surface area contributed by atoms with Crippen LogP contribution in [-0.4, -0.2) is 17.9 Å². The molecule has 0 fully saturated rings. The van der Waals surface area contributed by atoms with Crippen LogP contribution in [0, 0.1) is 5.82 Å². The van der Waals surface area contributed by atoms with Gasteiger partial charge in [-0.05, 0) is 24.3 Å². The van der Waals surface area contributed by atoms with E-state index in [9.17, 15) is 9.18 Å². The Morgan fingerprint density at radius 2 is 1.95 bits per heavy atom. The Kier molecular flexibility index (Phi) is 4.25. The van der Waals surface area contributed by atoms with Crippen LogP contribution in [0.2, 0.25) is 5.02 Å². The molecule has 0 aromatic heterocycles. The van der Waals surface area contributed by atoms with Crippen LogP contribution in [-0.2, 0) is 6.54 Å². The summed E-state index contributed by atoms with van der Waals surface area (Å²) in [6, 6.07) is 11.2. The van der Waals surface area contributed by atoms with Crippen molar-refractivity contribution < 1.29 is 9.18 Å². The van der Waals surface area contributed by atoms with Crippen molar-refractivity contribution >= 4 is 23.2 Å². The molecule has 0 saturated heterocycles. The number of anilines is 1. The second-order valence-electron chi connectivity index (χ2n) is 4.45. The minimum Gasteiger partial charge on any atom is -0.398 e. The molecule has 0 bridgehead atoms. The highest BCUT2D eigenvalue weighted by Gasteiger charge is 2.17. The van der Waals surface area contributed by atoms with Crippen LogP contribution in [0.3, 0.4) is 0 Å². The van der Waals surface area contributed by atoms with Crippen molar-refractivity contribution in [2.75, 3.05) is 12.8 Å². The van der Waals surface area contributed by atoms with Gasteiger partial charge < -0.3 is 10.6 Å². The zero-order valence-corrected chi connectivity index (χ0v) is 11.7. The summed E-state index contributed by atoms with van der Waals surface area (Å²) >= 11 is 5.95. The molecule has 0 saturated carbocycles. The number of para-hydroxylation sites is 1. The van der Waals surface area contributed by atoms with Gasteiger partial charge in [-0.1, -0.05) is 29.8 Å². The van der Waals surface area contributed by atoms with Crippen molar-refractivity contribution in [2.24, 2.45) is 0 Å². The summed E-state index contributed by atoms with van der Waals surface area (Å²) < 4.78 is 13.7. The molecule has 0 radical (unpaired) electrons. The molecule has 2 aromatic carbocycles. The van der Waals surface area contributed by atoms with Gasteiger partial charge in [0.15, 0.2) is 0 Å². The van der Waals surface area contributed by atoms with Gasteiger partial charge in [-0.2, -0.15) is 0 Å². The third kappa shape index (κ3) is 2.91. The summed E-state index contributed by atoms with van der Waals surface area (Å²) in [7, 11) is 1.58. The summed E-state index contributed by atoms with van der Waals surface area (Å²) in [6.07, 6.45) is 0. The highest BCUT2D eigenvalue weighted by Crippen LogP contribution is 2.21. The van der Waals surface area contributed by atoms with Gasteiger partial charge in [-0.3, -0.25) is 4.79 Å². The van der Waals surface area contributed by atoms with Crippen molar-refractivity contribution in [3.63, 3.8) is 0 Å². The van der Waals surface area contributed by atoms with Crippen LogP contribution in [0.15, 0.2) is 42.5 Å². The summed E-state index contributed by atoms with van der Waals surface area (Å²) in [6.45, 7) is 0.0820. The van der Waals surface area contributed by atoms with E-state index in [0.29, 0.717) is 21.8 Å². The number of hydrogen-bond acceptors (Lipinski definition) is 2. The van der Waals surface area contributed by atoms with Crippen molar-refractivity contribution in [3.05, 3.63) is 64.4 Å². The normalized spacial score (nSPS) is 10.3. The number of hydrogen-bond donors (Lipinski definition) is 1. The van der Waals surface area contributed by atoms with E-state index in [1.165, 1.54) is 17.0 Å². The van der Waals surface area contributed by atoms with Gasteiger partial charge in [0.2, 0.25) is 0 Å². The molecule has 20 heavy (non-hydrogen) atoms. The predicted octanol–water partition coefficient (Wildman–Crippen LogP) is 3.33. The Hall–Kier alpha value is -2.07. The maximum absolute atomic E-state index is 13.7. The van der Waals surface area contributed by atoms with Gasteiger partial charge in [0.05, 0.1) is 5.56 Å². The zero-order chi connectivity index (χ0) is 14.7. The second kappa shape index (κ2) is 5.92. The number of halogens is 2. The van der Waals surface area contributed by atoms with Gasteiger partial charge in [0.25, 0.3) is 5.91 Å². The minimum atomic E-state index is -0.432. The molecule has 0 aliphatic heterocycles.